The number of rotatable bonds is 1. The maximum atomic E-state index is 10.9. The standard InChI is InChI=1S/C7H10O4/c1-9-6(8)5-7(11-5)2-3-10-4-7/h5H,2-4H2,1H3/t5-,7-/m1/s1. The van der Waals surface area contributed by atoms with Crippen molar-refractivity contribution < 1.29 is 19.0 Å². The van der Waals surface area contributed by atoms with Crippen molar-refractivity contribution >= 4 is 5.97 Å². The predicted octanol–water partition coefficient (Wildman–Crippen LogP) is -0.283. The molecule has 4 nitrogen and oxygen atoms in total. The van der Waals surface area contributed by atoms with Crippen molar-refractivity contribution in [1.82, 2.24) is 0 Å². The Morgan fingerprint density at radius 1 is 1.73 bits per heavy atom. The van der Waals surface area contributed by atoms with Crippen LogP contribution in [0, 0.1) is 0 Å². The van der Waals surface area contributed by atoms with E-state index in [1.165, 1.54) is 7.11 Å². The van der Waals surface area contributed by atoms with Gasteiger partial charge in [0.2, 0.25) is 0 Å². The van der Waals surface area contributed by atoms with E-state index in [0.29, 0.717) is 13.2 Å². The van der Waals surface area contributed by atoms with Crippen molar-refractivity contribution in [3.8, 4) is 0 Å². The molecule has 0 amide bonds. The number of epoxide rings is 1. The van der Waals surface area contributed by atoms with Crippen LogP contribution in [0.15, 0.2) is 0 Å². The van der Waals surface area contributed by atoms with Gasteiger partial charge in [-0.2, -0.15) is 0 Å². The third-order valence-corrected chi connectivity index (χ3v) is 2.20. The normalized spacial score (nSPS) is 41.0. The van der Waals surface area contributed by atoms with Crippen molar-refractivity contribution in [1.29, 1.82) is 0 Å². The summed E-state index contributed by atoms with van der Waals surface area (Å²) >= 11 is 0. The van der Waals surface area contributed by atoms with Crippen LogP contribution in [0.25, 0.3) is 0 Å². The number of hydrogen-bond acceptors (Lipinski definition) is 4. The zero-order valence-electron chi connectivity index (χ0n) is 6.33. The summed E-state index contributed by atoms with van der Waals surface area (Å²) in [5, 5.41) is 0. The highest BCUT2D eigenvalue weighted by atomic mass is 16.7. The van der Waals surface area contributed by atoms with E-state index in [2.05, 4.69) is 4.74 Å². The topological polar surface area (TPSA) is 48.1 Å². The fourth-order valence-corrected chi connectivity index (χ4v) is 1.43. The minimum atomic E-state index is -0.366. The second kappa shape index (κ2) is 2.19. The Hall–Kier alpha value is -0.610. The van der Waals surface area contributed by atoms with Crippen LogP contribution in [-0.2, 0) is 19.0 Å². The van der Waals surface area contributed by atoms with Crippen LogP contribution in [0.5, 0.6) is 0 Å². The van der Waals surface area contributed by atoms with Gasteiger partial charge in [-0.25, -0.2) is 4.79 Å². The molecule has 0 bridgehead atoms. The first kappa shape index (κ1) is 7.06. The van der Waals surface area contributed by atoms with E-state index in [1.54, 1.807) is 0 Å². The van der Waals surface area contributed by atoms with Crippen LogP contribution in [0.3, 0.4) is 0 Å². The smallest absolute Gasteiger partial charge is 0.338 e. The molecule has 2 rings (SSSR count). The van der Waals surface area contributed by atoms with E-state index in [-0.39, 0.29) is 17.7 Å². The fraction of sp³-hybridized carbons (Fsp3) is 0.857. The van der Waals surface area contributed by atoms with Gasteiger partial charge in [-0.05, 0) is 0 Å². The molecule has 0 unspecified atom stereocenters. The molecule has 1 spiro atoms. The summed E-state index contributed by atoms with van der Waals surface area (Å²) in [5.41, 5.74) is -0.312. The molecule has 11 heavy (non-hydrogen) atoms. The van der Waals surface area contributed by atoms with Crippen molar-refractivity contribution in [3.63, 3.8) is 0 Å². The zero-order chi connectivity index (χ0) is 7.90. The average molecular weight is 158 g/mol. The lowest BCUT2D eigenvalue weighted by atomic mass is 10.1. The van der Waals surface area contributed by atoms with Gasteiger partial charge in [0, 0.05) is 13.0 Å². The molecule has 2 fully saturated rings. The molecule has 2 atom stereocenters. The zero-order valence-corrected chi connectivity index (χ0v) is 6.33. The number of methoxy groups -OCH3 is 1. The van der Waals surface area contributed by atoms with Gasteiger partial charge in [0.05, 0.1) is 13.7 Å². The Balaban J connectivity index is 1.97. The first-order valence-electron chi connectivity index (χ1n) is 3.62. The molecule has 2 aliphatic rings. The van der Waals surface area contributed by atoms with Crippen molar-refractivity contribution in [2.24, 2.45) is 0 Å². The number of carbonyl (C=O) groups excluding carboxylic acids is 1. The fourth-order valence-electron chi connectivity index (χ4n) is 1.43. The summed E-state index contributed by atoms with van der Waals surface area (Å²) in [6, 6.07) is 0. The van der Waals surface area contributed by atoms with Crippen molar-refractivity contribution in [3.05, 3.63) is 0 Å². The van der Waals surface area contributed by atoms with Crippen LogP contribution >= 0.6 is 0 Å². The number of esters is 1. The average Bonchev–Trinajstić information content (AvgIpc) is 2.48. The molecule has 2 heterocycles. The second-order valence-electron chi connectivity index (χ2n) is 2.89. The summed E-state index contributed by atoms with van der Waals surface area (Å²) in [6.45, 7) is 1.22. The monoisotopic (exact) mass is 158 g/mol. The van der Waals surface area contributed by atoms with Crippen molar-refractivity contribution in [2.75, 3.05) is 20.3 Å². The van der Waals surface area contributed by atoms with Gasteiger partial charge in [0.15, 0.2) is 6.10 Å². The third-order valence-electron chi connectivity index (χ3n) is 2.20. The highest BCUT2D eigenvalue weighted by molar-refractivity contribution is 5.79. The SMILES string of the molecule is COC(=O)[C@H]1O[C@@]12CCOC2. The number of ether oxygens (including phenoxy) is 3. The number of carbonyl (C=O) groups is 1. The Kier molecular flexibility index (Phi) is 1.40. The van der Waals surface area contributed by atoms with E-state index in [0.717, 1.165) is 6.42 Å². The van der Waals surface area contributed by atoms with E-state index < -0.39 is 0 Å². The first-order chi connectivity index (χ1) is 5.28. The van der Waals surface area contributed by atoms with Gasteiger partial charge in [-0.3, -0.25) is 0 Å². The van der Waals surface area contributed by atoms with Crippen molar-refractivity contribution in [2.45, 2.75) is 18.1 Å². The molecule has 0 aliphatic carbocycles. The number of hydrogen-bond donors (Lipinski definition) is 0. The summed E-state index contributed by atoms with van der Waals surface area (Å²) in [5.74, 6) is -0.282. The highest BCUT2D eigenvalue weighted by Crippen LogP contribution is 2.43. The summed E-state index contributed by atoms with van der Waals surface area (Å²) in [6.07, 6.45) is 0.447. The molecule has 0 saturated carbocycles. The molecule has 4 heteroatoms. The van der Waals surface area contributed by atoms with Crippen LogP contribution in [-0.4, -0.2) is 38.0 Å². The maximum Gasteiger partial charge on any atom is 0.338 e. The Morgan fingerprint density at radius 2 is 2.55 bits per heavy atom. The summed E-state index contributed by atoms with van der Waals surface area (Å²) in [4.78, 5) is 10.9. The second-order valence-corrected chi connectivity index (χ2v) is 2.89. The van der Waals surface area contributed by atoms with Gasteiger partial charge in [-0.15, -0.1) is 0 Å². The molecular weight excluding hydrogens is 148 g/mol. The maximum absolute atomic E-state index is 10.9. The molecule has 0 aromatic heterocycles. The Morgan fingerprint density at radius 3 is 3.09 bits per heavy atom. The molecule has 2 saturated heterocycles. The van der Waals surface area contributed by atoms with Crippen LogP contribution in [0.4, 0.5) is 0 Å². The molecule has 0 aromatic rings. The minimum Gasteiger partial charge on any atom is -0.467 e. The van der Waals surface area contributed by atoms with Gasteiger partial charge in [0.25, 0.3) is 0 Å². The quantitative estimate of drug-likeness (QED) is 0.389. The summed E-state index contributed by atoms with van der Waals surface area (Å²) in [7, 11) is 1.37. The largest absolute Gasteiger partial charge is 0.467 e. The highest BCUT2D eigenvalue weighted by Gasteiger charge is 2.63. The Labute approximate surface area is 64.4 Å². The molecule has 0 aromatic carbocycles. The lowest BCUT2D eigenvalue weighted by molar-refractivity contribution is -0.142. The van der Waals surface area contributed by atoms with E-state index in [4.69, 9.17) is 9.47 Å². The molecule has 2 aliphatic heterocycles. The first-order valence-corrected chi connectivity index (χ1v) is 3.62. The molecular formula is C7H10O4. The molecule has 0 N–H and O–H groups in total. The van der Waals surface area contributed by atoms with Crippen LogP contribution < -0.4 is 0 Å². The molecule has 62 valence electrons. The van der Waals surface area contributed by atoms with Gasteiger partial charge < -0.3 is 14.2 Å². The molecule has 0 radical (unpaired) electrons. The van der Waals surface area contributed by atoms with Gasteiger partial charge in [-0.1, -0.05) is 0 Å². The van der Waals surface area contributed by atoms with Gasteiger partial charge >= 0.3 is 5.97 Å². The van der Waals surface area contributed by atoms with E-state index in [9.17, 15) is 4.79 Å². The van der Waals surface area contributed by atoms with E-state index >= 15 is 0 Å². The third kappa shape index (κ3) is 0.937. The van der Waals surface area contributed by atoms with Gasteiger partial charge in [0.1, 0.15) is 5.60 Å². The van der Waals surface area contributed by atoms with Crippen LogP contribution in [0.2, 0.25) is 0 Å². The predicted molar refractivity (Wildman–Crippen MR) is 35.1 cm³/mol. The Bertz CT molecular complexity index is 183. The summed E-state index contributed by atoms with van der Waals surface area (Å²) < 4.78 is 14.9. The van der Waals surface area contributed by atoms with Crippen LogP contribution in [0.1, 0.15) is 6.42 Å². The lowest BCUT2D eigenvalue weighted by Gasteiger charge is -1.97. The lowest BCUT2D eigenvalue weighted by Crippen LogP contribution is -2.21. The van der Waals surface area contributed by atoms with E-state index in [1.807, 2.05) is 0 Å². The minimum absolute atomic E-state index is 0.282.